The van der Waals surface area contributed by atoms with Gasteiger partial charge in [-0.15, -0.1) is 0 Å². The molecule has 0 fully saturated rings. The molecule has 0 saturated carbocycles. The van der Waals surface area contributed by atoms with Crippen molar-refractivity contribution < 1.29 is 22.4 Å². The first-order chi connectivity index (χ1) is 12.3. The number of rotatable bonds is 4. The maximum absolute atomic E-state index is 12.6. The largest absolute Gasteiger partial charge is 0.465 e. The standard InChI is InChI=1S/C17H13F3N4O2/c1-11-9-15(22-16(25)7-5-13-3-2-8-26-13)24(23-11)14-6-4-12(10-21-14)17(18,19)20/h2-10H,1H3,(H,22,25)/b7-5+. The molecule has 0 spiro atoms. The number of pyridine rings is 1. The van der Waals surface area contributed by atoms with E-state index in [0.29, 0.717) is 11.5 Å². The van der Waals surface area contributed by atoms with Gasteiger partial charge < -0.3 is 9.73 Å². The molecular formula is C17H13F3N4O2. The molecule has 1 N–H and O–H groups in total. The van der Waals surface area contributed by atoms with Gasteiger partial charge in [-0.3, -0.25) is 4.79 Å². The molecule has 1 amide bonds. The van der Waals surface area contributed by atoms with Gasteiger partial charge in [0.2, 0.25) is 5.91 Å². The van der Waals surface area contributed by atoms with Gasteiger partial charge in [0.05, 0.1) is 17.5 Å². The Morgan fingerprint density at radius 2 is 2.12 bits per heavy atom. The Kier molecular flexibility index (Phi) is 4.61. The van der Waals surface area contributed by atoms with Crippen molar-refractivity contribution in [3.8, 4) is 5.82 Å². The molecule has 0 aromatic carbocycles. The van der Waals surface area contributed by atoms with E-state index in [1.54, 1.807) is 25.1 Å². The second-order valence-corrected chi connectivity index (χ2v) is 5.32. The lowest BCUT2D eigenvalue weighted by atomic mass is 10.3. The number of aromatic nitrogens is 3. The van der Waals surface area contributed by atoms with Gasteiger partial charge in [-0.1, -0.05) is 0 Å². The van der Waals surface area contributed by atoms with E-state index in [0.717, 1.165) is 12.3 Å². The van der Waals surface area contributed by atoms with E-state index in [4.69, 9.17) is 4.42 Å². The fourth-order valence-electron chi connectivity index (χ4n) is 2.15. The Morgan fingerprint density at radius 3 is 2.73 bits per heavy atom. The number of halogens is 3. The SMILES string of the molecule is Cc1cc(NC(=O)/C=C/c2ccco2)n(-c2ccc(C(F)(F)F)cn2)n1. The maximum Gasteiger partial charge on any atom is 0.417 e. The number of nitrogens with zero attached hydrogens (tertiary/aromatic N) is 3. The summed E-state index contributed by atoms with van der Waals surface area (Å²) in [5, 5.41) is 6.76. The highest BCUT2D eigenvalue weighted by atomic mass is 19.4. The highest BCUT2D eigenvalue weighted by Crippen LogP contribution is 2.29. The van der Waals surface area contributed by atoms with Crippen LogP contribution in [-0.2, 0) is 11.0 Å². The first-order valence-electron chi connectivity index (χ1n) is 7.46. The fraction of sp³-hybridized carbons (Fsp3) is 0.118. The molecule has 3 aromatic rings. The van der Waals surface area contributed by atoms with E-state index in [9.17, 15) is 18.0 Å². The molecule has 3 rings (SSSR count). The summed E-state index contributed by atoms with van der Waals surface area (Å²) in [6, 6.07) is 7.04. The Balaban J connectivity index is 1.81. The Hall–Kier alpha value is -3.36. The lowest BCUT2D eigenvalue weighted by Crippen LogP contribution is -2.13. The van der Waals surface area contributed by atoms with Crippen molar-refractivity contribution in [1.82, 2.24) is 14.8 Å². The molecule has 0 aliphatic rings. The van der Waals surface area contributed by atoms with Crippen molar-refractivity contribution in [2.45, 2.75) is 13.1 Å². The minimum absolute atomic E-state index is 0.149. The van der Waals surface area contributed by atoms with Crippen molar-refractivity contribution in [2.75, 3.05) is 5.32 Å². The third-order valence-corrected chi connectivity index (χ3v) is 3.32. The molecule has 0 atom stereocenters. The van der Waals surface area contributed by atoms with Crippen LogP contribution < -0.4 is 5.32 Å². The van der Waals surface area contributed by atoms with Gasteiger partial charge in [-0.05, 0) is 37.3 Å². The topological polar surface area (TPSA) is 73.0 Å². The van der Waals surface area contributed by atoms with E-state index < -0.39 is 17.6 Å². The summed E-state index contributed by atoms with van der Waals surface area (Å²) < 4.78 is 44.3. The second kappa shape index (κ2) is 6.87. The number of hydrogen-bond donors (Lipinski definition) is 1. The van der Waals surface area contributed by atoms with Crippen LogP contribution in [0, 0.1) is 6.92 Å². The number of alkyl halides is 3. The summed E-state index contributed by atoms with van der Waals surface area (Å²) in [7, 11) is 0. The van der Waals surface area contributed by atoms with Crippen LogP contribution in [0.3, 0.4) is 0 Å². The van der Waals surface area contributed by atoms with Crippen molar-refractivity contribution in [3.63, 3.8) is 0 Å². The van der Waals surface area contributed by atoms with Crippen molar-refractivity contribution in [2.24, 2.45) is 0 Å². The van der Waals surface area contributed by atoms with E-state index in [-0.39, 0.29) is 11.6 Å². The molecule has 3 heterocycles. The van der Waals surface area contributed by atoms with Crippen LogP contribution in [0.15, 0.2) is 53.3 Å². The highest BCUT2D eigenvalue weighted by molar-refractivity contribution is 6.01. The molecule has 134 valence electrons. The van der Waals surface area contributed by atoms with Crippen molar-refractivity contribution >= 4 is 17.8 Å². The average Bonchev–Trinajstić information content (AvgIpc) is 3.22. The summed E-state index contributed by atoms with van der Waals surface area (Å²) in [6.07, 6.45) is 0.477. The predicted octanol–water partition coefficient (Wildman–Crippen LogP) is 3.84. The van der Waals surface area contributed by atoms with Crippen LogP contribution in [0.25, 0.3) is 11.9 Å². The predicted molar refractivity (Wildman–Crippen MR) is 87.5 cm³/mol. The normalized spacial score (nSPS) is 11.8. The molecule has 0 unspecified atom stereocenters. The Labute approximate surface area is 146 Å². The molecule has 0 aliphatic carbocycles. The summed E-state index contributed by atoms with van der Waals surface area (Å²) >= 11 is 0. The molecule has 0 bridgehead atoms. The summed E-state index contributed by atoms with van der Waals surface area (Å²) in [5.41, 5.74) is -0.297. The minimum Gasteiger partial charge on any atom is -0.465 e. The van der Waals surface area contributed by atoms with Gasteiger partial charge in [-0.25, -0.2) is 4.98 Å². The van der Waals surface area contributed by atoms with Crippen LogP contribution in [0.5, 0.6) is 0 Å². The molecule has 6 nitrogen and oxygen atoms in total. The lowest BCUT2D eigenvalue weighted by Gasteiger charge is -2.09. The van der Waals surface area contributed by atoms with E-state index in [1.165, 1.54) is 29.2 Å². The summed E-state index contributed by atoms with van der Waals surface area (Å²) in [4.78, 5) is 15.8. The highest BCUT2D eigenvalue weighted by Gasteiger charge is 2.30. The number of aryl methyl sites for hydroxylation is 1. The van der Waals surface area contributed by atoms with E-state index in [1.807, 2.05) is 0 Å². The maximum atomic E-state index is 12.6. The fourth-order valence-corrected chi connectivity index (χ4v) is 2.15. The zero-order valence-electron chi connectivity index (χ0n) is 13.5. The molecule has 9 heteroatoms. The second-order valence-electron chi connectivity index (χ2n) is 5.32. The first-order valence-corrected chi connectivity index (χ1v) is 7.46. The van der Waals surface area contributed by atoms with Crippen LogP contribution >= 0.6 is 0 Å². The van der Waals surface area contributed by atoms with Crippen LogP contribution in [0.2, 0.25) is 0 Å². The Morgan fingerprint density at radius 1 is 1.31 bits per heavy atom. The first kappa shape index (κ1) is 17.5. The summed E-state index contributed by atoms with van der Waals surface area (Å²) in [6.45, 7) is 1.69. The van der Waals surface area contributed by atoms with Gasteiger partial charge in [-0.2, -0.15) is 23.0 Å². The van der Waals surface area contributed by atoms with Gasteiger partial charge in [0.15, 0.2) is 5.82 Å². The third-order valence-electron chi connectivity index (χ3n) is 3.32. The number of carbonyl (C=O) groups is 1. The van der Waals surface area contributed by atoms with Gasteiger partial charge >= 0.3 is 6.18 Å². The molecule has 0 aliphatic heterocycles. The number of carbonyl (C=O) groups excluding carboxylic acids is 1. The van der Waals surface area contributed by atoms with Gasteiger partial charge in [0.25, 0.3) is 0 Å². The molecule has 0 saturated heterocycles. The van der Waals surface area contributed by atoms with Crippen LogP contribution in [0.4, 0.5) is 19.0 Å². The van der Waals surface area contributed by atoms with Crippen LogP contribution in [0.1, 0.15) is 17.0 Å². The molecule has 3 aromatic heterocycles. The Bertz CT molecular complexity index is 926. The molecule has 0 radical (unpaired) electrons. The monoisotopic (exact) mass is 362 g/mol. The third kappa shape index (κ3) is 4.00. The summed E-state index contributed by atoms with van der Waals surface area (Å²) in [5.74, 6) is 0.490. The van der Waals surface area contributed by atoms with Gasteiger partial charge in [0.1, 0.15) is 11.6 Å². The quantitative estimate of drug-likeness (QED) is 0.716. The van der Waals surface area contributed by atoms with E-state index >= 15 is 0 Å². The zero-order valence-corrected chi connectivity index (χ0v) is 13.5. The molecule has 26 heavy (non-hydrogen) atoms. The number of furan rings is 1. The number of hydrogen-bond acceptors (Lipinski definition) is 4. The van der Waals surface area contributed by atoms with E-state index in [2.05, 4.69) is 15.4 Å². The van der Waals surface area contributed by atoms with Crippen molar-refractivity contribution in [1.29, 1.82) is 0 Å². The average molecular weight is 362 g/mol. The molecular weight excluding hydrogens is 349 g/mol. The minimum atomic E-state index is -4.47. The van der Waals surface area contributed by atoms with Crippen molar-refractivity contribution in [3.05, 3.63) is 65.9 Å². The zero-order chi connectivity index (χ0) is 18.7. The lowest BCUT2D eigenvalue weighted by molar-refractivity contribution is -0.137. The van der Waals surface area contributed by atoms with Crippen LogP contribution in [-0.4, -0.2) is 20.7 Å². The number of anilines is 1. The van der Waals surface area contributed by atoms with Gasteiger partial charge in [0, 0.05) is 18.3 Å². The smallest absolute Gasteiger partial charge is 0.417 e. The number of nitrogens with one attached hydrogen (secondary N) is 1. The number of amides is 1.